The van der Waals surface area contributed by atoms with Crippen LogP contribution in [0.3, 0.4) is 0 Å². The van der Waals surface area contributed by atoms with Gasteiger partial charge in [0.05, 0.1) is 4.92 Å². The number of thiophene rings is 1. The minimum absolute atomic E-state index is 0.0510. The number of carbonyl (C=O) groups excluding carboxylic acids is 1. The third-order valence-electron chi connectivity index (χ3n) is 5.34. The maximum absolute atomic E-state index is 13.5. The van der Waals surface area contributed by atoms with Gasteiger partial charge in [-0.3, -0.25) is 14.9 Å². The van der Waals surface area contributed by atoms with E-state index in [0.29, 0.717) is 24.8 Å². The number of hydrogen-bond acceptors (Lipinski definition) is 10. The summed E-state index contributed by atoms with van der Waals surface area (Å²) in [6, 6.07) is 10.6. The lowest BCUT2D eigenvalue weighted by Gasteiger charge is -2.23. The van der Waals surface area contributed by atoms with Crippen LogP contribution in [-0.4, -0.2) is 60.8 Å². The van der Waals surface area contributed by atoms with Gasteiger partial charge in [-0.1, -0.05) is 17.4 Å². The number of aliphatic hydroxyl groups excluding tert-OH is 1. The molecule has 2 aromatic heterocycles. The number of carbonyl (C=O) groups is 1. The van der Waals surface area contributed by atoms with Gasteiger partial charge in [-0.2, -0.15) is 8.42 Å². The number of alkyl halides is 2. The standard InChI is InChI=1S/C23H24Cl2N4O7S2/c24-8-10-28(11-9-25)18-2-4-19(5-3-18)36-38(34,35)20(13-16-7-12-37-23(16)29(32)33)17-1-6-21(26-14-17)27-22(31)15-30/h1-7,12,14,20,30H,8-11,13,15H2,(H,26,27,31). The molecule has 0 aliphatic carbocycles. The molecule has 0 aliphatic rings. The maximum atomic E-state index is 13.5. The number of aromatic nitrogens is 1. The number of benzene rings is 1. The fourth-order valence-corrected chi connectivity index (χ4v) is 6.07. The first-order chi connectivity index (χ1) is 18.2. The molecule has 0 spiro atoms. The number of pyridine rings is 1. The van der Waals surface area contributed by atoms with Crippen LogP contribution in [0.25, 0.3) is 0 Å². The van der Waals surface area contributed by atoms with Crippen molar-refractivity contribution in [3.8, 4) is 5.75 Å². The average Bonchev–Trinajstić information content (AvgIpc) is 3.37. The summed E-state index contributed by atoms with van der Waals surface area (Å²) in [4.78, 5) is 28.3. The molecule has 0 saturated heterocycles. The number of hydrogen-bond donors (Lipinski definition) is 2. The zero-order valence-corrected chi connectivity index (χ0v) is 23.0. The lowest BCUT2D eigenvalue weighted by Crippen LogP contribution is -2.27. The van der Waals surface area contributed by atoms with E-state index in [-0.39, 0.29) is 34.1 Å². The molecule has 3 aromatic rings. The molecular formula is C23H24Cl2N4O7S2. The molecule has 1 aromatic carbocycles. The van der Waals surface area contributed by atoms with Crippen LogP contribution in [0.2, 0.25) is 0 Å². The zero-order valence-electron chi connectivity index (χ0n) is 19.8. The van der Waals surface area contributed by atoms with Crippen molar-refractivity contribution >= 4 is 67.1 Å². The lowest BCUT2D eigenvalue weighted by atomic mass is 10.1. The largest absolute Gasteiger partial charge is 0.387 e. The Morgan fingerprint density at radius 2 is 1.84 bits per heavy atom. The first-order valence-electron chi connectivity index (χ1n) is 11.2. The number of nitro groups is 1. The van der Waals surface area contributed by atoms with Crippen LogP contribution in [-0.2, 0) is 21.3 Å². The predicted octanol–water partition coefficient (Wildman–Crippen LogP) is 3.96. The number of nitrogens with one attached hydrogen (secondary N) is 1. The molecule has 2 heterocycles. The van der Waals surface area contributed by atoms with E-state index in [9.17, 15) is 23.3 Å². The molecule has 1 atom stereocenters. The highest BCUT2D eigenvalue weighted by Crippen LogP contribution is 2.35. The van der Waals surface area contributed by atoms with Gasteiger partial charge in [0.15, 0.2) is 0 Å². The van der Waals surface area contributed by atoms with Crippen LogP contribution in [0.1, 0.15) is 16.4 Å². The van der Waals surface area contributed by atoms with Gasteiger partial charge >= 0.3 is 15.1 Å². The summed E-state index contributed by atoms with van der Waals surface area (Å²) >= 11 is 12.6. The summed E-state index contributed by atoms with van der Waals surface area (Å²) in [5.74, 6) is 0.230. The topological polar surface area (TPSA) is 152 Å². The normalized spacial score (nSPS) is 12.1. The zero-order chi connectivity index (χ0) is 27.7. The van der Waals surface area contributed by atoms with Crippen molar-refractivity contribution in [3.63, 3.8) is 0 Å². The second-order valence-corrected chi connectivity index (χ2v) is 11.2. The highest BCUT2D eigenvalue weighted by molar-refractivity contribution is 7.87. The second kappa shape index (κ2) is 13.7. The van der Waals surface area contributed by atoms with Crippen LogP contribution < -0.4 is 14.4 Å². The molecule has 15 heteroatoms. The summed E-state index contributed by atoms with van der Waals surface area (Å²) in [5, 5.41) is 22.7. The van der Waals surface area contributed by atoms with Crippen molar-refractivity contribution in [1.29, 1.82) is 0 Å². The van der Waals surface area contributed by atoms with E-state index in [2.05, 4.69) is 10.3 Å². The van der Waals surface area contributed by atoms with Crippen LogP contribution in [0, 0.1) is 10.1 Å². The molecule has 204 valence electrons. The van der Waals surface area contributed by atoms with Crippen LogP contribution in [0.15, 0.2) is 54.0 Å². The molecule has 38 heavy (non-hydrogen) atoms. The van der Waals surface area contributed by atoms with E-state index in [4.69, 9.17) is 32.5 Å². The fourth-order valence-electron chi connectivity index (χ4n) is 3.56. The lowest BCUT2D eigenvalue weighted by molar-refractivity contribution is -0.380. The van der Waals surface area contributed by atoms with Gasteiger partial charge in [0, 0.05) is 48.7 Å². The van der Waals surface area contributed by atoms with Crippen molar-refractivity contribution in [2.24, 2.45) is 0 Å². The van der Waals surface area contributed by atoms with Gasteiger partial charge in [0.1, 0.15) is 23.4 Å². The Balaban J connectivity index is 1.91. The van der Waals surface area contributed by atoms with Crippen LogP contribution in [0.5, 0.6) is 5.75 Å². The number of rotatable bonds is 14. The molecule has 1 unspecified atom stereocenters. The van der Waals surface area contributed by atoms with E-state index >= 15 is 0 Å². The quantitative estimate of drug-likeness (QED) is 0.121. The minimum Gasteiger partial charge on any atom is -0.387 e. The first kappa shape index (κ1) is 29.6. The maximum Gasteiger partial charge on any atom is 0.327 e. The molecule has 0 bridgehead atoms. The predicted molar refractivity (Wildman–Crippen MR) is 147 cm³/mol. The van der Waals surface area contributed by atoms with Gasteiger partial charge in [0.2, 0.25) is 0 Å². The Labute approximate surface area is 233 Å². The van der Waals surface area contributed by atoms with Crippen LogP contribution in [0.4, 0.5) is 16.5 Å². The molecule has 11 nitrogen and oxygen atoms in total. The smallest absolute Gasteiger partial charge is 0.327 e. The second-order valence-electron chi connectivity index (χ2n) is 7.82. The number of nitrogens with zero attached hydrogens (tertiary/aromatic N) is 3. The van der Waals surface area contributed by atoms with Crippen molar-refractivity contribution in [2.45, 2.75) is 11.7 Å². The van der Waals surface area contributed by atoms with Gasteiger partial charge in [0.25, 0.3) is 5.91 Å². The van der Waals surface area contributed by atoms with Crippen molar-refractivity contribution < 1.29 is 27.4 Å². The molecule has 1 amide bonds. The van der Waals surface area contributed by atoms with Crippen molar-refractivity contribution in [2.75, 3.05) is 41.7 Å². The highest BCUT2D eigenvalue weighted by atomic mass is 35.5. The molecule has 0 aliphatic heterocycles. The van der Waals surface area contributed by atoms with E-state index in [1.165, 1.54) is 41.9 Å². The molecule has 0 radical (unpaired) electrons. The summed E-state index contributed by atoms with van der Waals surface area (Å²) in [7, 11) is -4.38. The van der Waals surface area contributed by atoms with Gasteiger partial charge < -0.3 is 19.5 Å². The summed E-state index contributed by atoms with van der Waals surface area (Å²) in [6.07, 6.45) is 0.986. The third kappa shape index (κ3) is 7.77. The number of halogens is 2. The third-order valence-corrected chi connectivity index (χ3v) is 8.14. The highest BCUT2D eigenvalue weighted by Gasteiger charge is 2.33. The van der Waals surface area contributed by atoms with Gasteiger partial charge in [-0.05, 0) is 47.3 Å². The molecule has 3 rings (SSSR count). The van der Waals surface area contributed by atoms with Crippen LogP contribution >= 0.6 is 34.5 Å². The Bertz CT molecular complexity index is 1330. The summed E-state index contributed by atoms with van der Waals surface area (Å²) < 4.78 is 32.4. The Morgan fingerprint density at radius 3 is 2.39 bits per heavy atom. The van der Waals surface area contributed by atoms with Crippen molar-refractivity contribution in [3.05, 3.63) is 75.3 Å². The monoisotopic (exact) mass is 602 g/mol. The molecular weight excluding hydrogens is 579 g/mol. The molecule has 0 saturated carbocycles. The molecule has 2 N–H and O–H groups in total. The van der Waals surface area contributed by atoms with Gasteiger partial charge in [-0.15, -0.1) is 23.2 Å². The number of amides is 1. The fraction of sp³-hybridized carbons (Fsp3) is 0.304. The summed E-state index contributed by atoms with van der Waals surface area (Å²) in [5.41, 5.74) is 1.20. The Morgan fingerprint density at radius 1 is 1.16 bits per heavy atom. The van der Waals surface area contributed by atoms with E-state index < -0.39 is 32.8 Å². The van der Waals surface area contributed by atoms with E-state index in [0.717, 1.165) is 17.0 Å². The van der Waals surface area contributed by atoms with Crippen molar-refractivity contribution in [1.82, 2.24) is 4.98 Å². The molecule has 0 fully saturated rings. The number of aliphatic hydroxyl groups is 1. The minimum atomic E-state index is -4.38. The SMILES string of the molecule is O=C(CO)Nc1ccc(C(Cc2ccsc2[N+](=O)[O-])S(=O)(=O)Oc2ccc(N(CCCl)CCCl)cc2)cn1. The summed E-state index contributed by atoms with van der Waals surface area (Å²) in [6.45, 7) is 0.358. The van der Waals surface area contributed by atoms with Gasteiger partial charge in [-0.25, -0.2) is 4.98 Å². The first-order valence-corrected chi connectivity index (χ1v) is 14.6. The Kier molecular flexibility index (Phi) is 10.7. The number of anilines is 2. The average molecular weight is 604 g/mol. The van der Waals surface area contributed by atoms with E-state index in [1.54, 1.807) is 12.1 Å². The van der Waals surface area contributed by atoms with E-state index in [1.807, 2.05) is 4.90 Å². The Hall–Kier alpha value is -2.97.